The lowest BCUT2D eigenvalue weighted by atomic mass is 10.1. The van der Waals surface area contributed by atoms with Gasteiger partial charge < -0.3 is 9.15 Å². The number of nitrogens with zero attached hydrogens (tertiary/aromatic N) is 2. The molecule has 1 amide bonds. The van der Waals surface area contributed by atoms with Gasteiger partial charge in [0.25, 0.3) is 15.9 Å². The molecule has 1 heterocycles. The Hall–Kier alpha value is -4.41. The number of amides is 1. The molecule has 0 radical (unpaired) electrons. The summed E-state index contributed by atoms with van der Waals surface area (Å²) in [5, 5.41) is 4.23. The number of esters is 1. The Balaban J connectivity index is 1.45. The van der Waals surface area contributed by atoms with Crippen molar-refractivity contribution >= 4 is 45.4 Å². The van der Waals surface area contributed by atoms with E-state index in [2.05, 4.69) is 10.5 Å². The molecule has 0 saturated carbocycles. The number of hydrogen-bond donors (Lipinski definition) is 1. The SMILES string of the molecule is CCOC(=O)c1ccc(-c2ccc(/C=N\NC(=O)CN(c3cccc(Cl)c3)S(=O)(=O)c3ccc(C)cc3)o2)cc1. The Morgan fingerprint density at radius 1 is 1.02 bits per heavy atom. The van der Waals surface area contributed by atoms with Gasteiger partial charge in [0, 0.05) is 10.6 Å². The summed E-state index contributed by atoms with van der Waals surface area (Å²) in [6, 6.07) is 22.7. The van der Waals surface area contributed by atoms with Crippen LogP contribution >= 0.6 is 11.6 Å². The van der Waals surface area contributed by atoms with Crippen LogP contribution in [0.25, 0.3) is 11.3 Å². The van der Waals surface area contributed by atoms with Gasteiger partial charge in [-0.15, -0.1) is 0 Å². The van der Waals surface area contributed by atoms with Crippen LogP contribution in [-0.4, -0.2) is 39.7 Å². The third kappa shape index (κ3) is 6.96. The Labute approximate surface area is 237 Å². The minimum absolute atomic E-state index is 0.0350. The highest BCUT2D eigenvalue weighted by Crippen LogP contribution is 2.26. The number of carbonyl (C=O) groups is 2. The van der Waals surface area contributed by atoms with Crippen molar-refractivity contribution in [3.05, 3.63) is 107 Å². The number of anilines is 1. The van der Waals surface area contributed by atoms with Crippen molar-refractivity contribution in [2.75, 3.05) is 17.5 Å². The molecule has 3 aromatic carbocycles. The molecular weight excluding hydrogens is 554 g/mol. The standard InChI is InChI=1S/C29H26ClN3O6S/c1-3-38-29(35)22-11-9-21(10-12-22)27-16-13-25(39-27)18-31-32-28(34)19-33(24-6-4-5-23(30)17-24)40(36,37)26-14-7-20(2)8-15-26/h4-18H,3,19H2,1-2H3,(H,32,34)/b31-18-. The lowest BCUT2D eigenvalue weighted by Crippen LogP contribution is -2.39. The number of benzene rings is 3. The molecule has 9 nitrogen and oxygen atoms in total. The predicted octanol–water partition coefficient (Wildman–Crippen LogP) is 5.43. The van der Waals surface area contributed by atoms with Crippen LogP contribution in [-0.2, 0) is 19.6 Å². The minimum atomic E-state index is -4.08. The van der Waals surface area contributed by atoms with Crippen LogP contribution in [0.1, 0.15) is 28.6 Å². The molecule has 0 unspecified atom stereocenters. The van der Waals surface area contributed by atoms with Gasteiger partial charge in [-0.3, -0.25) is 9.10 Å². The number of halogens is 1. The molecule has 0 spiro atoms. The molecule has 206 valence electrons. The number of nitrogens with one attached hydrogen (secondary N) is 1. The predicted molar refractivity (Wildman–Crippen MR) is 153 cm³/mol. The second-order valence-electron chi connectivity index (χ2n) is 8.60. The molecule has 0 atom stereocenters. The number of furan rings is 1. The van der Waals surface area contributed by atoms with E-state index in [1.54, 1.807) is 73.7 Å². The summed E-state index contributed by atoms with van der Waals surface area (Å²) < 4.78 is 38.6. The van der Waals surface area contributed by atoms with E-state index in [4.69, 9.17) is 20.8 Å². The number of aryl methyl sites for hydroxylation is 1. The van der Waals surface area contributed by atoms with Gasteiger partial charge in [-0.1, -0.05) is 47.5 Å². The van der Waals surface area contributed by atoms with Gasteiger partial charge in [-0.2, -0.15) is 5.10 Å². The van der Waals surface area contributed by atoms with Crippen molar-refractivity contribution in [1.29, 1.82) is 0 Å². The highest BCUT2D eigenvalue weighted by Gasteiger charge is 2.27. The first kappa shape index (κ1) is 28.6. The van der Waals surface area contributed by atoms with Gasteiger partial charge >= 0.3 is 5.97 Å². The monoisotopic (exact) mass is 579 g/mol. The Morgan fingerprint density at radius 3 is 2.42 bits per heavy atom. The first-order valence-corrected chi connectivity index (χ1v) is 14.0. The molecule has 4 rings (SSSR count). The lowest BCUT2D eigenvalue weighted by molar-refractivity contribution is -0.119. The normalized spacial score (nSPS) is 11.4. The molecule has 1 N–H and O–H groups in total. The smallest absolute Gasteiger partial charge is 0.338 e. The van der Waals surface area contributed by atoms with Crippen molar-refractivity contribution in [1.82, 2.24) is 5.43 Å². The molecule has 0 bridgehead atoms. The van der Waals surface area contributed by atoms with Crippen LogP contribution in [0, 0.1) is 6.92 Å². The minimum Gasteiger partial charge on any atom is -0.462 e. The molecule has 0 fully saturated rings. The van der Waals surface area contributed by atoms with Crippen LogP contribution in [0.3, 0.4) is 0 Å². The Morgan fingerprint density at radius 2 is 1.75 bits per heavy atom. The molecule has 0 saturated heterocycles. The van der Waals surface area contributed by atoms with Gasteiger partial charge in [-0.05, 0) is 68.4 Å². The average Bonchev–Trinajstić information content (AvgIpc) is 3.41. The maximum Gasteiger partial charge on any atom is 0.338 e. The maximum absolute atomic E-state index is 13.4. The fourth-order valence-corrected chi connectivity index (χ4v) is 5.28. The molecule has 1 aromatic heterocycles. The van der Waals surface area contributed by atoms with E-state index in [0.717, 1.165) is 15.4 Å². The highest BCUT2D eigenvalue weighted by molar-refractivity contribution is 7.92. The van der Waals surface area contributed by atoms with E-state index in [-0.39, 0.29) is 10.6 Å². The zero-order chi connectivity index (χ0) is 28.7. The van der Waals surface area contributed by atoms with Crippen molar-refractivity contribution in [3.63, 3.8) is 0 Å². The first-order valence-electron chi connectivity index (χ1n) is 12.2. The van der Waals surface area contributed by atoms with Crippen molar-refractivity contribution in [2.24, 2.45) is 5.10 Å². The van der Waals surface area contributed by atoms with Crippen molar-refractivity contribution < 1.29 is 27.2 Å². The molecule has 0 aliphatic carbocycles. The first-order chi connectivity index (χ1) is 19.2. The number of hydrogen-bond acceptors (Lipinski definition) is 7. The second kappa shape index (κ2) is 12.6. The largest absolute Gasteiger partial charge is 0.462 e. The summed E-state index contributed by atoms with van der Waals surface area (Å²) in [6.07, 6.45) is 1.30. The van der Waals surface area contributed by atoms with E-state index in [0.29, 0.717) is 28.7 Å². The Kier molecular flexibility index (Phi) is 9.03. The van der Waals surface area contributed by atoms with E-state index in [9.17, 15) is 18.0 Å². The summed E-state index contributed by atoms with van der Waals surface area (Å²) in [6.45, 7) is 3.34. The summed E-state index contributed by atoms with van der Waals surface area (Å²) >= 11 is 6.10. The topological polar surface area (TPSA) is 118 Å². The van der Waals surface area contributed by atoms with E-state index in [1.165, 1.54) is 24.4 Å². The lowest BCUT2D eigenvalue weighted by Gasteiger charge is -2.24. The zero-order valence-electron chi connectivity index (χ0n) is 21.7. The van der Waals surface area contributed by atoms with Gasteiger partial charge in [0.2, 0.25) is 0 Å². The third-order valence-corrected chi connectivity index (χ3v) is 7.70. The summed E-state index contributed by atoms with van der Waals surface area (Å²) in [7, 11) is -4.08. The van der Waals surface area contributed by atoms with E-state index < -0.39 is 28.4 Å². The van der Waals surface area contributed by atoms with Gasteiger partial charge in [0.05, 0.1) is 29.0 Å². The molecule has 0 aliphatic heterocycles. The average molecular weight is 580 g/mol. The van der Waals surface area contributed by atoms with Crippen LogP contribution < -0.4 is 9.73 Å². The molecule has 0 aliphatic rings. The van der Waals surface area contributed by atoms with E-state index >= 15 is 0 Å². The Bertz CT molecular complexity index is 1630. The van der Waals surface area contributed by atoms with Gasteiger partial charge in [0.1, 0.15) is 18.1 Å². The van der Waals surface area contributed by atoms with Crippen LogP contribution in [0.4, 0.5) is 5.69 Å². The zero-order valence-corrected chi connectivity index (χ0v) is 23.3. The summed E-state index contributed by atoms with van der Waals surface area (Å²) in [5.41, 5.74) is 4.63. The number of ether oxygens (including phenoxy) is 1. The molecule has 4 aromatic rings. The van der Waals surface area contributed by atoms with Crippen LogP contribution in [0.15, 0.2) is 99.3 Å². The molecular formula is C29H26ClN3O6S. The van der Waals surface area contributed by atoms with Crippen LogP contribution in [0.5, 0.6) is 0 Å². The van der Waals surface area contributed by atoms with Crippen LogP contribution in [0.2, 0.25) is 5.02 Å². The third-order valence-electron chi connectivity index (χ3n) is 5.68. The molecule has 11 heteroatoms. The molecule has 40 heavy (non-hydrogen) atoms. The number of carbonyl (C=O) groups excluding carboxylic acids is 2. The number of hydrazone groups is 1. The highest BCUT2D eigenvalue weighted by atomic mass is 35.5. The van der Waals surface area contributed by atoms with E-state index in [1.807, 2.05) is 6.92 Å². The number of sulfonamides is 1. The summed E-state index contributed by atoms with van der Waals surface area (Å²) in [5.74, 6) is -0.200. The number of rotatable bonds is 10. The van der Waals surface area contributed by atoms with Crippen molar-refractivity contribution in [2.45, 2.75) is 18.7 Å². The summed E-state index contributed by atoms with van der Waals surface area (Å²) in [4.78, 5) is 24.6. The van der Waals surface area contributed by atoms with Crippen molar-refractivity contribution in [3.8, 4) is 11.3 Å². The fraction of sp³-hybridized carbons (Fsp3) is 0.138. The maximum atomic E-state index is 13.4. The van der Waals surface area contributed by atoms with Gasteiger partial charge in [-0.25, -0.2) is 18.6 Å². The second-order valence-corrected chi connectivity index (χ2v) is 10.9. The fourth-order valence-electron chi connectivity index (χ4n) is 3.68. The quantitative estimate of drug-likeness (QED) is 0.152. The van der Waals surface area contributed by atoms with Gasteiger partial charge in [0.15, 0.2) is 0 Å².